The van der Waals surface area contributed by atoms with Crippen LogP contribution in [0.4, 0.5) is 19.1 Å². The van der Waals surface area contributed by atoms with Gasteiger partial charge in [-0.3, -0.25) is 10.1 Å². The highest BCUT2D eigenvalue weighted by atomic mass is 19.4. The summed E-state index contributed by atoms with van der Waals surface area (Å²) >= 11 is 0. The fraction of sp³-hybridized carbons (Fsp3) is 0.136. The maximum atomic E-state index is 13.3. The van der Waals surface area contributed by atoms with Crippen molar-refractivity contribution in [3.8, 4) is 22.6 Å². The topological polar surface area (TPSA) is 77.8 Å². The lowest BCUT2D eigenvalue weighted by Crippen LogP contribution is -2.20. The highest BCUT2D eigenvalue weighted by Gasteiger charge is 2.33. The molecule has 1 amide bonds. The second-order valence-corrected chi connectivity index (χ2v) is 6.71. The smallest absolute Gasteiger partial charge is 0.417 e. The van der Waals surface area contributed by atoms with Gasteiger partial charge in [0.2, 0.25) is 5.95 Å². The van der Waals surface area contributed by atoms with Crippen molar-refractivity contribution in [2.75, 3.05) is 19.0 Å². The van der Waals surface area contributed by atoms with Crippen molar-refractivity contribution in [1.29, 1.82) is 0 Å². The van der Waals surface area contributed by atoms with Gasteiger partial charge in [0.1, 0.15) is 11.5 Å². The van der Waals surface area contributed by atoms with Crippen molar-refractivity contribution >= 4 is 17.5 Å². The highest BCUT2D eigenvalue weighted by Crippen LogP contribution is 2.36. The Balaban J connectivity index is 1.48. The van der Waals surface area contributed by atoms with Gasteiger partial charge in [-0.05, 0) is 48.0 Å². The number of anilines is 1. The molecule has 0 aliphatic carbocycles. The first-order valence-electron chi connectivity index (χ1n) is 9.43. The molecule has 4 aromatic rings. The summed E-state index contributed by atoms with van der Waals surface area (Å²) in [5.41, 5.74) is -0.0415. The molecule has 0 bridgehead atoms. The summed E-state index contributed by atoms with van der Waals surface area (Å²) in [6.45, 7) is -0.272. The first-order valence-corrected chi connectivity index (χ1v) is 9.43. The van der Waals surface area contributed by atoms with Crippen LogP contribution in [0.25, 0.3) is 16.8 Å². The number of nitrogens with zero attached hydrogens (tertiary/aromatic N) is 3. The Morgan fingerprint density at radius 3 is 2.47 bits per heavy atom. The number of amides is 1. The number of carbonyl (C=O) groups excluding carboxylic acids is 1. The molecule has 0 aliphatic heterocycles. The first kappa shape index (κ1) is 21.2. The number of hydrogen-bond acceptors (Lipinski definition) is 5. The van der Waals surface area contributed by atoms with Gasteiger partial charge in [0.15, 0.2) is 12.3 Å². The minimum absolute atomic E-state index is 0.00888. The summed E-state index contributed by atoms with van der Waals surface area (Å²) in [7, 11) is 1.54. The quantitative estimate of drug-likeness (QED) is 0.478. The van der Waals surface area contributed by atoms with Crippen LogP contribution < -0.4 is 14.8 Å². The predicted molar refractivity (Wildman–Crippen MR) is 111 cm³/mol. The van der Waals surface area contributed by atoms with Gasteiger partial charge in [-0.15, -0.1) is 5.10 Å². The van der Waals surface area contributed by atoms with E-state index in [1.165, 1.54) is 41.0 Å². The molecule has 0 radical (unpaired) electrons. The number of aromatic nitrogens is 3. The Hall–Kier alpha value is -4.08. The largest absolute Gasteiger partial charge is 0.497 e. The van der Waals surface area contributed by atoms with E-state index in [9.17, 15) is 18.0 Å². The molecule has 0 aliphatic rings. The average Bonchev–Trinajstić information content (AvgIpc) is 3.18. The van der Waals surface area contributed by atoms with Crippen molar-refractivity contribution < 1.29 is 27.4 Å². The van der Waals surface area contributed by atoms with E-state index >= 15 is 0 Å². The number of methoxy groups -OCH3 is 1. The number of fused-ring (bicyclic) bond motifs is 1. The molecule has 10 heteroatoms. The van der Waals surface area contributed by atoms with Crippen molar-refractivity contribution in [1.82, 2.24) is 14.6 Å². The van der Waals surface area contributed by atoms with Gasteiger partial charge in [0.25, 0.3) is 5.91 Å². The fourth-order valence-electron chi connectivity index (χ4n) is 3.06. The van der Waals surface area contributed by atoms with Crippen LogP contribution in [0.5, 0.6) is 11.5 Å². The Labute approximate surface area is 180 Å². The lowest BCUT2D eigenvalue weighted by Gasteiger charge is -2.12. The van der Waals surface area contributed by atoms with E-state index in [2.05, 4.69) is 15.4 Å². The zero-order valence-electron chi connectivity index (χ0n) is 16.8. The molecule has 2 aromatic heterocycles. The van der Waals surface area contributed by atoms with Crippen LogP contribution in [0.1, 0.15) is 5.56 Å². The third-order valence-corrected chi connectivity index (χ3v) is 4.56. The summed E-state index contributed by atoms with van der Waals surface area (Å²) in [5.74, 6) is 0.666. The molecular formula is C22H17F3N4O3. The molecule has 0 unspecified atom stereocenters. The van der Waals surface area contributed by atoms with Crippen LogP contribution in [0.3, 0.4) is 0 Å². The number of pyridine rings is 1. The molecule has 7 nitrogen and oxygen atoms in total. The Bertz CT molecular complexity index is 1250. The molecule has 4 rings (SSSR count). The number of nitrogens with one attached hydrogen (secondary N) is 1. The van der Waals surface area contributed by atoms with E-state index in [1.807, 2.05) is 0 Å². The summed E-state index contributed by atoms with van der Waals surface area (Å²) in [4.78, 5) is 16.3. The number of rotatable bonds is 6. The van der Waals surface area contributed by atoms with Gasteiger partial charge in [-0.2, -0.15) is 18.2 Å². The van der Waals surface area contributed by atoms with Gasteiger partial charge in [0, 0.05) is 11.8 Å². The molecule has 0 spiro atoms. The number of benzene rings is 2. The van der Waals surface area contributed by atoms with E-state index in [0.29, 0.717) is 22.7 Å². The van der Waals surface area contributed by atoms with Crippen molar-refractivity contribution in [3.63, 3.8) is 0 Å². The second-order valence-electron chi connectivity index (χ2n) is 6.71. The molecule has 2 heterocycles. The molecule has 0 saturated carbocycles. The van der Waals surface area contributed by atoms with Crippen LogP contribution in [0.2, 0.25) is 0 Å². The summed E-state index contributed by atoms with van der Waals surface area (Å²) in [5, 5.41) is 6.64. The van der Waals surface area contributed by atoms with E-state index in [-0.39, 0.29) is 18.1 Å². The molecule has 0 fully saturated rings. The van der Waals surface area contributed by atoms with Crippen LogP contribution in [-0.4, -0.2) is 34.2 Å². The standard InChI is InChI=1S/C22H17F3N4O3/c1-31-15-7-9-16(10-8-15)32-13-20(30)27-21-26-19-11-6-14(12-29(19)28-21)17-4-2-3-5-18(17)22(23,24)25/h2-12H,13H2,1H3,(H,27,28,30). The molecule has 0 saturated heterocycles. The lowest BCUT2D eigenvalue weighted by molar-refractivity contribution is -0.137. The maximum Gasteiger partial charge on any atom is 0.417 e. The molecular weight excluding hydrogens is 425 g/mol. The van der Waals surface area contributed by atoms with E-state index in [1.54, 1.807) is 31.4 Å². The van der Waals surface area contributed by atoms with E-state index in [0.717, 1.165) is 6.07 Å². The van der Waals surface area contributed by atoms with Gasteiger partial charge < -0.3 is 9.47 Å². The number of alkyl halides is 3. The number of carbonyl (C=O) groups is 1. The van der Waals surface area contributed by atoms with Crippen LogP contribution >= 0.6 is 0 Å². The third kappa shape index (κ3) is 4.64. The molecule has 0 atom stereocenters. The van der Waals surface area contributed by atoms with Gasteiger partial charge in [-0.25, -0.2) is 4.52 Å². The second kappa shape index (κ2) is 8.58. The fourth-order valence-corrected chi connectivity index (χ4v) is 3.06. The Morgan fingerprint density at radius 2 is 1.75 bits per heavy atom. The normalized spacial score (nSPS) is 11.4. The van der Waals surface area contributed by atoms with Crippen molar-refractivity contribution in [2.24, 2.45) is 0 Å². The summed E-state index contributed by atoms with van der Waals surface area (Å²) < 4.78 is 51.7. The summed E-state index contributed by atoms with van der Waals surface area (Å²) in [6, 6.07) is 15.1. The van der Waals surface area contributed by atoms with Crippen LogP contribution in [0, 0.1) is 0 Å². The van der Waals surface area contributed by atoms with Gasteiger partial charge in [-0.1, -0.05) is 18.2 Å². The van der Waals surface area contributed by atoms with E-state index < -0.39 is 17.6 Å². The van der Waals surface area contributed by atoms with Crippen LogP contribution in [0.15, 0.2) is 66.9 Å². The SMILES string of the molecule is COc1ccc(OCC(=O)Nc2nc3ccc(-c4ccccc4C(F)(F)F)cn3n2)cc1. The van der Waals surface area contributed by atoms with Gasteiger partial charge >= 0.3 is 6.18 Å². The van der Waals surface area contributed by atoms with Crippen LogP contribution in [-0.2, 0) is 11.0 Å². The van der Waals surface area contributed by atoms with Crippen molar-refractivity contribution in [2.45, 2.75) is 6.18 Å². The minimum atomic E-state index is -4.49. The molecule has 2 aromatic carbocycles. The lowest BCUT2D eigenvalue weighted by atomic mass is 10.0. The van der Waals surface area contributed by atoms with Crippen molar-refractivity contribution in [3.05, 3.63) is 72.4 Å². The zero-order valence-corrected chi connectivity index (χ0v) is 16.8. The monoisotopic (exact) mass is 442 g/mol. The number of hydrogen-bond donors (Lipinski definition) is 1. The number of halogens is 3. The first-order chi connectivity index (χ1) is 15.3. The molecule has 32 heavy (non-hydrogen) atoms. The Morgan fingerprint density at radius 1 is 1.03 bits per heavy atom. The van der Waals surface area contributed by atoms with E-state index in [4.69, 9.17) is 9.47 Å². The highest BCUT2D eigenvalue weighted by molar-refractivity contribution is 5.90. The number of ether oxygens (including phenoxy) is 2. The third-order valence-electron chi connectivity index (χ3n) is 4.56. The predicted octanol–water partition coefficient (Wildman–Crippen LogP) is 4.44. The summed E-state index contributed by atoms with van der Waals surface area (Å²) in [6.07, 6.45) is -3.06. The zero-order chi connectivity index (χ0) is 22.7. The van der Waals surface area contributed by atoms with Gasteiger partial charge in [0.05, 0.1) is 12.7 Å². The Kier molecular flexibility index (Phi) is 5.67. The minimum Gasteiger partial charge on any atom is -0.497 e. The molecule has 164 valence electrons. The average molecular weight is 442 g/mol. The maximum absolute atomic E-state index is 13.3. The molecule has 1 N–H and O–H groups in total.